The molecule has 5 heteroatoms. The molecule has 1 aliphatic rings. The average molecular weight is 396 g/mol. The predicted octanol–water partition coefficient (Wildman–Crippen LogP) is 5.59. The van der Waals surface area contributed by atoms with E-state index < -0.39 is 0 Å². The van der Waals surface area contributed by atoms with Gasteiger partial charge < -0.3 is 4.42 Å². The van der Waals surface area contributed by atoms with Crippen LogP contribution in [0.15, 0.2) is 71.1 Å². The van der Waals surface area contributed by atoms with Gasteiger partial charge in [-0.25, -0.2) is 9.88 Å². The number of imide groups is 1. The van der Waals surface area contributed by atoms with E-state index in [9.17, 15) is 9.59 Å². The highest BCUT2D eigenvalue weighted by molar-refractivity contribution is 6.34. The molecule has 0 fully saturated rings. The van der Waals surface area contributed by atoms with Crippen molar-refractivity contribution in [3.05, 3.63) is 83.4 Å². The Morgan fingerprint density at radius 1 is 0.833 bits per heavy atom. The lowest BCUT2D eigenvalue weighted by Crippen LogP contribution is -2.29. The number of benzene rings is 3. The third kappa shape index (κ3) is 2.82. The highest BCUT2D eigenvalue weighted by Gasteiger charge is 2.36. The second-order valence-corrected chi connectivity index (χ2v) is 8.49. The highest BCUT2D eigenvalue weighted by Crippen LogP contribution is 2.32. The first-order chi connectivity index (χ1) is 14.3. The molecule has 1 aliphatic heterocycles. The molecule has 0 spiro atoms. The van der Waals surface area contributed by atoms with Crippen molar-refractivity contribution in [2.45, 2.75) is 26.2 Å². The Balaban J connectivity index is 1.51. The van der Waals surface area contributed by atoms with Gasteiger partial charge in [0.1, 0.15) is 5.52 Å². The number of hydrogen-bond acceptors (Lipinski definition) is 4. The molecule has 0 aliphatic carbocycles. The van der Waals surface area contributed by atoms with Gasteiger partial charge in [0.05, 0.1) is 16.8 Å². The number of amides is 2. The summed E-state index contributed by atoms with van der Waals surface area (Å²) in [5.74, 6) is -0.141. The van der Waals surface area contributed by atoms with Crippen LogP contribution in [0.1, 0.15) is 47.1 Å². The van der Waals surface area contributed by atoms with Gasteiger partial charge in [-0.3, -0.25) is 9.59 Å². The minimum absolute atomic E-state index is 0.0706. The summed E-state index contributed by atoms with van der Waals surface area (Å²) in [7, 11) is 0. The fourth-order valence-corrected chi connectivity index (χ4v) is 3.71. The number of anilines is 1. The smallest absolute Gasteiger partial charge is 0.266 e. The molecule has 3 aromatic carbocycles. The Morgan fingerprint density at radius 2 is 1.47 bits per heavy atom. The molecule has 1 aromatic heterocycles. The number of carbonyl (C=O) groups is 2. The molecule has 0 atom stereocenters. The van der Waals surface area contributed by atoms with Crippen LogP contribution in [0.4, 0.5) is 5.69 Å². The maximum absolute atomic E-state index is 12.7. The van der Waals surface area contributed by atoms with Crippen molar-refractivity contribution < 1.29 is 14.0 Å². The molecule has 5 rings (SSSR count). The van der Waals surface area contributed by atoms with Gasteiger partial charge in [-0.05, 0) is 53.4 Å². The molecule has 2 heterocycles. The number of aromatic nitrogens is 1. The first-order valence-corrected chi connectivity index (χ1v) is 9.82. The van der Waals surface area contributed by atoms with Gasteiger partial charge in [0.15, 0.2) is 5.58 Å². The molecule has 2 amide bonds. The van der Waals surface area contributed by atoms with Crippen LogP contribution in [0.5, 0.6) is 0 Å². The standard InChI is InChI=1S/C25H20N2O3/c1-25(2,3)16-10-8-15(9-11-16)22-26-20-14-17(12-13-21(20)30-22)27-23(28)18-6-4-5-7-19(18)24(27)29/h4-14H,1-3H3. The number of hydrogen-bond donors (Lipinski definition) is 0. The summed E-state index contributed by atoms with van der Waals surface area (Å²) in [5, 5.41) is 0. The largest absolute Gasteiger partial charge is 0.436 e. The van der Waals surface area contributed by atoms with Crippen molar-refractivity contribution in [1.82, 2.24) is 4.98 Å². The Hall–Kier alpha value is -3.73. The minimum atomic E-state index is -0.323. The fourth-order valence-electron chi connectivity index (χ4n) is 3.71. The predicted molar refractivity (Wildman–Crippen MR) is 116 cm³/mol. The van der Waals surface area contributed by atoms with E-state index in [-0.39, 0.29) is 17.2 Å². The summed E-state index contributed by atoms with van der Waals surface area (Å²) >= 11 is 0. The summed E-state index contributed by atoms with van der Waals surface area (Å²) in [6.07, 6.45) is 0. The normalized spacial score (nSPS) is 13.9. The van der Waals surface area contributed by atoms with Gasteiger partial charge >= 0.3 is 0 Å². The zero-order valence-corrected chi connectivity index (χ0v) is 17.0. The van der Waals surface area contributed by atoms with E-state index in [4.69, 9.17) is 4.42 Å². The van der Waals surface area contributed by atoms with E-state index in [1.54, 1.807) is 42.5 Å². The van der Waals surface area contributed by atoms with Gasteiger partial charge in [0, 0.05) is 5.56 Å². The number of nitrogens with zero attached hydrogens (tertiary/aromatic N) is 2. The van der Waals surface area contributed by atoms with Crippen molar-refractivity contribution in [3.8, 4) is 11.5 Å². The second kappa shape index (κ2) is 6.39. The van der Waals surface area contributed by atoms with Crippen LogP contribution in [-0.4, -0.2) is 16.8 Å². The lowest BCUT2D eigenvalue weighted by atomic mass is 9.87. The Morgan fingerprint density at radius 3 is 2.07 bits per heavy atom. The molecule has 30 heavy (non-hydrogen) atoms. The van der Waals surface area contributed by atoms with Gasteiger partial charge in [-0.1, -0.05) is 45.0 Å². The van der Waals surface area contributed by atoms with Crippen molar-refractivity contribution in [2.75, 3.05) is 4.90 Å². The zero-order chi connectivity index (χ0) is 21.0. The Kier molecular flexibility index (Phi) is 3.90. The first kappa shape index (κ1) is 18.3. The zero-order valence-electron chi connectivity index (χ0n) is 17.0. The third-order valence-electron chi connectivity index (χ3n) is 5.42. The highest BCUT2D eigenvalue weighted by atomic mass is 16.3. The van der Waals surface area contributed by atoms with E-state index in [2.05, 4.69) is 37.9 Å². The van der Waals surface area contributed by atoms with Crippen molar-refractivity contribution in [2.24, 2.45) is 0 Å². The molecular weight excluding hydrogens is 376 g/mol. The van der Waals surface area contributed by atoms with Crippen molar-refractivity contribution in [1.29, 1.82) is 0 Å². The Labute approximate surface area is 174 Å². The fraction of sp³-hybridized carbons (Fsp3) is 0.160. The van der Waals surface area contributed by atoms with E-state index in [1.807, 2.05) is 12.1 Å². The van der Waals surface area contributed by atoms with E-state index in [0.29, 0.717) is 33.8 Å². The van der Waals surface area contributed by atoms with Gasteiger partial charge in [0.2, 0.25) is 5.89 Å². The lowest BCUT2D eigenvalue weighted by Gasteiger charge is -2.18. The number of rotatable bonds is 2. The van der Waals surface area contributed by atoms with Crippen molar-refractivity contribution >= 4 is 28.6 Å². The van der Waals surface area contributed by atoms with Crippen LogP contribution >= 0.6 is 0 Å². The SMILES string of the molecule is CC(C)(C)c1ccc(-c2nc3cc(N4C(=O)c5ccccc5C4=O)ccc3o2)cc1. The van der Waals surface area contributed by atoms with E-state index >= 15 is 0 Å². The molecule has 0 unspecified atom stereocenters. The summed E-state index contributed by atoms with van der Waals surface area (Å²) in [6.45, 7) is 6.51. The molecule has 0 bridgehead atoms. The molecule has 4 aromatic rings. The topological polar surface area (TPSA) is 63.4 Å². The first-order valence-electron chi connectivity index (χ1n) is 9.82. The molecular formula is C25H20N2O3. The average Bonchev–Trinajstić information content (AvgIpc) is 3.26. The number of oxazole rings is 1. The van der Waals surface area contributed by atoms with Crippen molar-refractivity contribution in [3.63, 3.8) is 0 Å². The number of carbonyl (C=O) groups excluding carboxylic acids is 2. The van der Waals surface area contributed by atoms with Gasteiger partial charge in [-0.2, -0.15) is 0 Å². The van der Waals surface area contributed by atoms with E-state index in [1.165, 1.54) is 10.5 Å². The van der Waals surface area contributed by atoms with Crippen LogP contribution in [0, 0.1) is 0 Å². The quantitative estimate of drug-likeness (QED) is 0.414. The monoisotopic (exact) mass is 396 g/mol. The maximum Gasteiger partial charge on any atom is 0.266 e. The van der Waals surface area contributed by atoms with Crippen LogP contribution < -0.4 is 4.90 Å². The van der Waals surface area contributed by atoms with Gasteiger partial charge in [0.25, 0.3) is 11.8 Å². The lowest BCUT2D eigenvalue weighted by molar-refractivity contribution is 0.0926. The number of fused-ring (bicyclic) bond motifs is 2. The van der Waals surface area contributed by atoms with E-state index in [0.717, 1.165) is 5.56 Å². The third-order valence-corrected chi connectivity index (χ3v) is 5.42. The second-order valence-electron chi connectivity index (χ2n) is 8.49. The van der Waals surface area contributed by atoms with Crippen LogP contribution in [0.25, 0.3) is 22.6 Å². The van der Waals surface area contributed by atoms with Crippen LogP contribution in [0.3, 0.4) is 0 Å². The van der Waals surface area contributed by atoms with Crippen LogP contribution in [0.2, 0.25) is 0 Å². The summed E-state index contributed by atoms with van der Waals surface area (Å²) in [4.78, 5) is 31.3. The minimum Gasteiger partial charge on any atom is -0.436 e. The Bertz CT molecular complexity index is 1280. The summed E-state index contributed by atoms with van der Waals surface area (Å²) in [6, 6.07) is 20.2. The molecule has 0 radical (unpaired) electrons. The molecule has 5 nitrogen and oxygen atoms in total. The molecule has 0 saturated carbocycles. The maximum atomic E-state index is 12.7. The molecule has 148 valence electrons. The van der Waals surface area contributed by atoms with Gasteiger partial charge in [-0.15, -0.1) is 0 Å². The van der Waals surface area contributed by atoms with Crippen LogP contribution in [-0.2, 0) is 5.41 Å². The summed E-state index contributed by atoms with van der Waals surface area (Å²) in [5.41, 5.74) is 4.70. The summed E-state index contributed by atoms with van der Waals surface area (Å²) < 4.78 is 5.91. The molecule has 0 saturated heterocycles. The molecule has 0 N–H and O–H groups in total.